The highest BCUT2D eigenvalue weighted by molar-refractivity contribution is 6.28. The van der Waals surface area contributed by atoms with Gasteiger partial charge in [-0.1, -0.05) is 54.6 Å². The lowest BCUT2D eigenvalue weighted by atomic mass is 9.98. The number of aromatic amines is 1. The number of nitrogens with zero attached hydrogens (tertiary/aromatic N) is 2. The van der Waals surface area contributed by atoms with Crippen LogP contribution in [-0.4, -0.2) is 49.4 Å². The van der Waals surface area contributed by atoms with Gasteiger partial charge in [-0.3, -0.25) is 9.89 Å². The van der Waals surface area contributed by atoms with E-state index in [-0.39, 0.29) is 17.5 Å². The van der Waals surface area contributed by atoms with Crippen LogP contribution in [0.1, 0.15) is 22.6 Å². The lowest BCUT2D eigenvalue weighted by Gasteiger charge is -2.20. The van der Waals surface area contributed by atoms with Gasteiger partial charge in [-0.2, -0.15) is 4.98 Å². The normalized spacial score (nSPS) is 12.9. The van der Waals surface area contributed by atoms with E-state index >= 15 is 0 Å². The van der Waals surface area contributed by atoms with Crippen molar-refractivity contribution in [1.29, 1.82) is 0 Å². The summed E-state index contributed by atoms with van der Waals surface area (Å²) in [7, 11) is 0. The van der Waals surface area contributed by atoms with Crippen LogP contribution in [0.15, 0.2) is 54.6 Å². The third-order valence-electron chi connectivity index (χ3n) is 4.34. The number of hydrogen-bond acceptors (Lipinski definition) is 5. The topological polar surface area (TPSA) is 128 Å². The molecule has 2 aromatic carbocycles. The molecule has 0 saturated heterocycles. The fraction of sp³-hybridized carbons (Fsp3) is 0.200. The Balaban J connectivity index is 1.73. The molecular formula is C20H19ClN4O4. The highest BCUT2D eigenvalue weighted by atomic mass is 35.5. The summed E-state index contributed by atoms with van der Waals surface area (Å²) in [4.78, 5) is 27.1. The summed E-state index contributed by atoms with van der Waals surface area (Å²) >= 11 is 5.61. The summed E-state index contributed by atoms with van der Waals surface area (Å²) < 4.78 is 0. The highest BCUT2D eigenvalue weighted by Crippen LogP contribution is 2.20. The minimum Gasteiger partial charge on any atom is -0.479 e. The van der Waals surface area contributed by atoms with Gasteiger partial charge in [0.1, 0.15) is 0 Å². The minimum atomic E-state index is -1.61. The molecular weight excluding hydrogens is 396 g/mol. The molecule has 0 spiro atoms. The van der Waals surface area contributed by atoms with E-state index in [0.717, 1.165) is 16.7 Å². The number of aliphatic hydroxyl groups excluding tert-OH is 1. The van der Waals surface area contributed by atoms with Gasteiger partial charge in [0, 0.05) is 12.5 Å². The Hall–Kier alpha value is -3.23. The SMILES string of the molecule is O=C(N[C@H](Cc1ccc(-c2ccccc2)cc1)C[C@@H](O)C(=O)O)c1nc(Cl)n[nH]1. The number of H-pyrrole nitrogens is 1. The van der Waals surface area contributed by atoms with Gasteiger partial charge in [-0.05, 0) is 34.7 Å². The van der Waals surface area contributed by atoms with Gasteiger partial charge < -0.3 is 15.5 Å². The van der Waals surface area contributed by atoms with E-state index in [2.05, 4.69) is 20.5 Å². The smallest absolute Gasteiger partial charge is 0.332 e. The number of aromatic nitrogens is 3. The summed E-state index contributed by atoms with van der Waals surface area (Å²) in [5, 5.41) is 27.3. The van der Waals surface area contributed by atoms with Crippen LogP contribution >= 0.6 is 11.6 Å². The Morgan fingerprint density at radius 3 is 2.31 bits per heavy atom. The Kier molecular flexibility index (Phi) is 6.58. The summed E-state index contributed by atoms with van der Waals surface area (Å²) in [6.07, 6.45) is -1.45. The molecule has 2 atom stereocenters. The monoisotopic (exact) mass is 414 g/mol. The zero-order valence-corrected chi connectivity index (χ0v) is 16.0. The molecule has 1 aromatic heterocycles. The van der Waals surface area contributed by atoms with Crippen molar-refractivity contribution < 1.29 is 19.8 Å². The van der Waals surface area contributed by atoms with Crippen LogP contribution in [0.5, 0.6) is 0 Å². The second-order valence-electron chi connectivity index (χ2n) is 6.48. The van der Waals surface area contributed by atoms with Crippen molar-refractivity contribution in [2.24, 2.45) is 0 Å². The zero-order chi connectivity index (χ0) is 20.8. The quantitative estimate of drug-likeness (QED) is 0.447. The first-order valence-electron chi connectivity index (χ1n) is 8.86. The second-order valence-corrected chi connectivity index (χ2v) is 6.82. The molecule has 150 valence electrons. The highest BCUT2D eigenvalue weighted by Gasteiger charge is 2.23. The van der Waals surface area contributed by atoms with Gasteiger partial charge in [0.15, 0.2) is 6.10 Å². The van der Waals surface area contributed by atoms with Crippen molar-refractivity contribution in [3.05, 3.63) is 71.3 Å². The van der Waals surface area contributed by atoms with E-state index in [1.165, 1.54) is 0 Å². The number of nitrogens with one attached hydrogen (secondary N) is 2. The van der Waals surface area contributed by atoms with Crippen LogP contribution < -0.4 is 5.32 Å². The fourth-order valence-corrected chi connectivity index (χ4v) is 3.04. The first-order chi connectivity index (χ1) is 13.9. The van der Waals surface area contributed by atoms with Crippen LogP contribution in [0.3, 0.4) is 0 Å². The average molecular weight is 415 g/mol. The molecule has 0 aliphatic rings. The number of carbonyl (C=O) groups excluding carboxylic acids is 1. The molecule has 0 fully saturated rings. The lowest BCUT2D eigenvalue weighted by molar-refractivity contribution is -0.147. The van der Waals surface area contributed by atoms with Gasteiger partial charge in [0.25, 0.3) is 5.91 Å². The zero-order valence-electron chi connectivity index (χ0n) is 15.2. The van der Waals surface area contributed by atoms with Crippen LogP contribution in [0.25, 0.3) is 11.1 Å². The number of rotatable bonds is 8. The van der Waals surface area contributed by atoms with Crippen molar-refractivity contribution in [1.82, 2.24) is 20.5 Å². The molecule has 8 nitrogen and oxygen atoms in total. The van der Waals surface area contributed by atoms with E-state index in [9.17, 15) is 14.7 Å². The molecule has 0 unspecified atom stereocenters. The maximum absolute atomic E-state index is 12.3. The van der Waals surface area contributed by atoms with Crippen molar-refractivity contribution in [2.75, 3.05) is 0 Å². The fourth-order valence-electron chi connectivity index (χ4n) is 2.91. The predicted octanol–water partition coefficient (Wildman–Crippen LogP) is 2.30. The Morgan fingerprint density at radius 1 is 1.07 bits per heavy atom. The number of aliphatic hydroxyl groups is 1. The summed E-state index contributed by atoms with van der Waals surface area (Å²) in [5.74, 6) is -2.04. The van der Waals surface area contributed by atoms with Gasteiger partial charge in [0.05, 0.1) is 0 Å². The molecule has 3 aromatic rings. The van der Waals surface area contributed by atoms with E-state index in [0.29, 0.717) is 6.42 Å². The van der Waals surface area contributed by atoms with E-state index in [4.69, 9.17) is 16.7 Å². The molecule has 9 heteroatoms. The van der Waals surface area contributed by atoms with Crippen LogP contribution in [0, 0.1) is 0 Å². The second kappa shape index (κ2) is 9.31. The number of carbonyl (C=O) groups is 2. The molecule has 0 saturated carbocycles. The number of benzene rings is 2. The largest absolute Gasteiger partial charge is 0.479 e. The third-order valence-corrected chi connectivity index (χ3v) is 4.51. The lowest BCUT2D eigenvalue weighted by Crippen LogP contribution is -2.41. The Labute approximate surface area is 171 Å². The Bertz CT molecular complexity index is 976. The standard InChI is InChI=1S/C20H19ClN4O4/c21-20-23-17(24-25-20)18(27)22-15(11-16(26)19(28)29)10-12-6-8-14(9-7-12)13-4-2-1-3-5-13/h1-9,15-16,26H,10-11H2,(H,22,27)(H,28,29)(H,23,24,25)/t15-,16-/m1/s1. The molecule has 0 aliphatic heterocycles. The number of amides is 1. The summed E-state index contributed by atoms with van der Waals surface area (Å²) in [5.41, 5.74) is 2.99. The first-order valence-corrected chi connectivity index (χ1v) is 9.24. The van der Waals surface area contributed by atoms with Crippen LogP contribution in [0.2, 0.25) is 5.28 Å². The average Bonchev–Trinajstić information content (AvgIpc) is 3.15. The summed E-state index contributed by atoms with van der Waals surface area (Å²) in [6, 6.07) is 16.9. The molecule has 0 bridgehead atoms. The van der Waals surface area contributed by atoms with Crippen LogP contribution in [0.4, 0.5) is 0 Å². The molecule has 4 N–H and O–H groups in total. The predicted molar refractivity (Wildman–Crippen MR) is 106 cm³/mol. The maximum atomic E-state index is 12.3. The number of carboxylic acids is 1. The first kappa shape index (κ1) is 20.5. The number of hydrogen-bond donors (Lipinski definition) is 4. The van der Waals surface area contributed by atoms with Crippen LogP contribution in [-0.2, 0) is 11.2 Å². The molecule has 1 heterocycles. The van der Waals surface area contributed by atoms with E-state index in [1.807, 2.05) is 54.6 Å². The van der Waals surface area contributed by atoms with E-state index < -0.39 is 24.0 Å². The van der Waals surface area contributed by atoms with Gasteiger partial charge in [0.2, 0.25) is 11.1 Å². The molecule has 0 radical (unpaired) electrons. The van der Waals surface area contributed by atoms with Gasteiger partial charge in [-0.25, -0.2) is 4.79 Å². The number of carboxylic acid groups (broad SMARTS) is 1. The third kappa shape index (κ3) is 5.63. The van der Waals surface area contributed by atoms with Crippen molar-refractivity contribution in [3.63, 3.8) is 0 Å². The summed E-state index contributed by atoms with van der Waals surface area (Å²) in [6.45, 7) is 0. The molecule has 0 aliphatic carbocycles. The molecule has 1 amide bonds. The van der Waals surface area contributed by atoms with Gasteiger partial charge in [-0.15, -0.1) is 5.10 Å². The molecule has 3 rings (SSSR count). The number of aliphatic carboxylic acids is 1. The van der Waals surface area contributed by atoms with Crippen molar-refractivity contribution in [3.8, 4) is 11.1 Å². The molecule has 29 heavy (non-hydrogen) atoms. The van der Waals surface area contributed by atoms with Crippen molar-refractivity contribution >= 4 is 23.5 Å². The maximum Gasteiger partial charge on any atom is 0.332 e. The minimum absolute atomic E-state index is 0.0933. The van der Waals surface area contributed by atoms with E-state index in [1.54, 1.807) is 0 Å². The van der Waals surface area contributed by atoms with Gasteiger partial charge >= 0.3 is 5.97 Å². The van der Waals surface area contributed by atoms with Crippen molar-refractivity contribution in [2.45, 2.75) is 25.0 Å². The Morgan fingerprint density at radius 2 is 1.72 bits per heavy atom. The number of halogens is 1.